The molecule has 2 aliphatic rings. The molecule has 1 atom stereocenters. The molecule has 1 saturated heterocycles. The molecule has 4 rings (SSSR count). The molecule has 1 unspecified atom stereocenters. The average molecular weight is 364 g/mol. The van der Waals surface area contributed by atoms with Crippen LogP contribution in [-0.4, -0.2) is 53.9 Å². The third kappa shape index (κ3) is 3.99. The number of benzene rings is 1. The van der Waals surface area contributed by atoms with Gasteiger partial charge in [-0.25, -0.2) is 0 Å². The van der Waals surface area contributed by atoms with Gasteiger partial charge in [0.05, 0.1) is 6.20 Å². The van der Waals surface area contributed by atoms with Gasteiger partial charge in [-0.3, -0.25) is 9.67 Å². The summed E-state index contributed by atoms with van der Waals surface area (Å²) in [5.74, 6) is 1.51. The molecule has 1 fully saturated rings. The number of rotatable bonds is 4. The maximum atomic E-state index is 4.49. The van der Waals surface area contributed by atoms with Gasteiger partial charge in [0.1, 0.15) is 0 Å². The number of hydrogen-bond donors (Lipinski definition) is 1. The topological polar surface area (TPSA) is 48.7 Å². The molecule has 1 aromatic heterocycles. The first kappa shape index (κ1) is 17.6. The maximum Gasteiger partial charge on any atom is 0.193 e. The number of hydrogen-bond acceptors (Lipinski definition) is 3. The molecule has 0 amide bonds. The zero-order chi connectivity index (χ0) is 18.6. The summed E-state index contributed by atoms with van der Waals surface area (Å²) in [6.45, 7) is 4.83. The van der Waals surface area contributed by atoms with Crippen LogP contribution in [0.3, 0.4) is 0 Å². The van der Waals surface area contributed by atoms with E-state index in [-0.39, 0.29) is 0 Å². The second-order valence-electron chi connectivity index (χ2n) is 7.32. The fraction of sp³-hybridized carbons (Fsp3) is 0.429. The van der Waals surface area contributed by atoms with Crippen LogP contribution in [0.4, 0.5) is 5.69 Å². The molecule has 6 nitrogen and oxygen atoms in total. The van der Waals surface area contributed by atoms with Crippen molar-refractivity contribution in [1.82, 2.24) is 20.0 Å². The monoisotopic (exact) mass is 364 g/mol. The van der Waals surface area contributed by atoms with Gasteiger partial charge in [-0.15, -0.1) is 0 Å². The number of aliphatic imine (C=N–C) groups is 1. The fourth-order valence-electron chi connectivity index (χ4n) is 3.90. The van der Waals surface area contributed by atoms with Gasteiger partial charge in [0.25, 0.3) is 0 Å². The molecule has 0 spiro atoms. The van der Waals surface area contributed by atoms with Gasteiger partial charge in [0.2, 0.25) is 0 Å². The summed E-state index contributed by atoms with van der Waals surface area (Å²) in [4.78, 5) is 9.20. The van der Waals surface area contributed by atoms with Gasteiger partial charge in [0, 0.05) is 64.6 Å². The summed E-state index contributed by atoms with van der Waals surface area (Å²) >= 11 is 0. The molecular weight excluding hydrogens is 336 g/mol. The molecule has 1 N–H and O–H groups in total. The van der Waals surface area contributed by atoms with Crippen LogP contribution in [0.25, 0.3) is 0 Å². The summed E-state index contributed by atoms with van der Waals surface area (Å²) in [6.07, 6.45) is 9.69. The summed E-state index contributed by atoms with van der Waals surface area (Å²) in [5.41, 5.74) is 3.88. The fourth-order valence-corrected chi connectivity index (χ4v) is 3.90. The van der Waals surface area contributed by atoms with Crippen molar-refractivity contribution in [2.75, 3.05) is 38.1 Å². The average Bonchev–Trinajstić information content (AvgIpc) is 3.44. The first-order valence-corrected chi connectivity index (χ1v) is 9.66. The predicted molar refractivity (Wildman–Crippen MR) is 110 cm³/mol. The highest BCUT2D eigenvalue weighted by Crippen LogP contribution is 2.26. The first-order valence-electron chi connectivity index (χ1n) is 9.66. The van der Waals surface area contributed by atoms with Gasteiger partial charge in [-0.05, 0) is 29.7 Å². The van der Waals surface area contributed by atoms with Crippen LogP contribution in [0, 0.1) is 0 Å². The van der Waals surface area contributed by atoms with Crippen LogP contribution in [0.2, 0.25) is 0 Å². The molecule has 0 saturated carbocycles. The quantitative estimate of drug-likeness (QED) is 0.514. The second-order valence-corrected chi connectivity index (χ2v) is 7.32. The minimum atomic E-state index is 0.533. The lowest BCUT2D eigenvalue weighted by molar-refractivity contribution is 0.486. The Kier molecular flexibility index (Phi) is 5.14. The van der Waals surface area contributed by atoms with E-state index in [4.69, 9.17) is 0 Å². The smallest absolute Gasteiger partial charge is 0.193 e. The van der Waals surface area contributed by atoms with Crippen molar-refractivity contribution in [1.29, 1.82) is 0 Å². The lowest BCUT2D eigenvalue weighted by atomic mass is 10.0. The van der Waals surface area contributed by atoms with Crippen molar-refractivity contribution >= 4 is 11.6 Å². The van der Waals surface area contributed by atoms with Crippen LogP contribution < -0.4 is 10.2 Å². The van der Waals surface area contributed by atoms with Gasteiger partial charge < -0.3 is 15.1 Å². The molecule has 27 heavy (non-hydrogen) atoms. The van der Waals surface area contributed by atoms with Crippen molar-refractivity contribution in [2.45, 2.75) is 18.9 Å². The Morgan fingerprint density at radius 2 is 2.00 bits per heavy atom. The highest BCUT2D eigenvalue weighted by Gasteiger charge is 2.26. The van der Waals surface area contributed by atoms with Crippen molar-refractivity contribution in [3.8, 4) is 0 Å². The number of aryl methyl sites for hydroxylation is 1. The van der Waals surface area contributed by atoms with E-state index in [1.165, 1.54) is 16.8 Å². The van der Waals surface area contributed by atoms with Crippen LogP contribution >= 0.6 is 0 Å². The minimum Gasteiger partial charge on any atom is -0.364 e. The number of anilines is 1. The van der Waals surface area contributed by atoms with Crippen molar-refractivity contribution in [2.24, 2.45) is 12.0 Å². The number of aromatic nitrogens is 2. The van der Waals surface area contributed by atoms with E-state index in [2.05, 4.69) is 67.8 Å². The van der Waals surface area contributed by atoms with E-state index in [1.54, 1.807) is 0 Å². The minimum absolute atomic E-state index is 0.533. The summed E-state index contributed by atoms with van der Waals surface area (Å²) in [7, 11) is 3.84. The lowest BCUT2D eigenvalue weighted by Gasteiger charge is -2.22. The van der Waals surface area contributed by atoms with Crippen LogP contribution in [0.5, 0.6) is 0 Å². The Morgan fingerprint density at radius 3 is 2.67 bits per heavy atom. The summed E-state index contributed by atoms with van der Waals surface area (Å²) in [6, 6.07) is 8.83. The standard InChI is InChI=1S/C21H28N6/c1-22-21(27-12-9-18(16-27)19-14-24-25(2)15-19)23-13-17-5-7-20(8-6-17)26-10-3-4-11-26/h3-8,14-15,18H,9-13,16H2,1-2H3,(H,22,23). The van der Waals surface area contributed by atoms with Crippen molar-refractivity contribution < 1.29 is 0 Å². The molecule has 142 valence electrons. The molecule has 6 heteroatoms. The molecule has 0 radical (unpaired) electrons. The van der Waals surface area contributed by atoms with Crippen LogP contribution in [-0.2, 0) is 13.6 Å². The normalized spacial score (nSPS) is 19.9. The van der Waals surface area contributed by atoms with Gasteiger partial charge in [-0.1, -0.05) is 24.3 Å². The Hall–Kier alpha value is -2.76. The number of likely N-dealkylation sites (tertiary alicyclic amines) is 1. The molecule has 0 aliphatic carbocycles. The summed E-state index contributed by atoms with van der Waals surface area (Å²) in [5, 5.41) is 7.83. The van der Waals surface area contributed by atoms with E-state index < -0.39 is 0 Å². The van der Waals surface area contributed by atoms with Crippen LogP contribution in [0.1, 0.15) is 23.5 Å². The molecule has 0 bridgehead atoms. The first-order chi connectivity index (χ1) is 13.2. The van der Waals surface area contributed by atoms with E-state index in [9.17, 15) is 0 Å². The van der Waals surface area contributed by atoms with Crippen molar-refractivity contribution in [3.05, 3.63) is 59.9 Å². The van der Waals surface area contributed by atoms with E-state index >= 15 is 0 Å². The third-order valence-electron chi connectivity index (χ3n) is 5.47. The van der Waals surface area contributed by atoms with E-state index in [1.807, 2.05) is 25.0 Å². The Bertz CT molecular complexity index is 811. The molecule has 2 aromatic rings. The van der Waals surface area contributed by atoms with Crippen LogP contribution in [0.15, 0.2) is 53.8 Å². The van der Waals surface area contributed by atoms with Crippen molar-refractivity contribution in [3.63, 3.8) is 0 Å². The van der Waals surface area contributed by atoms with Gasteiger partial charge in [0.15, 0.2) is 5.96 Å². The Morgan fingerprint density at radius 1 is 1.22 bits per heavy atom. The summed E-state index contributed by atoms with van der Waals surface area (Å²) < 4.78 is 1.88. The molecular formula is C21H28N6. The second kappa shape index (κ2) is 7.86. The third-order valence-corrected chi connectivity index (χ3v) is 5.47. The maximum absolute atomic E-state index is 4.49. The van der Waals surface area contributed by atoms with Gasteiger partial charge >= 0.3 is 0 Å². The number of guanidine groups is 1. The predicted octanol–water partition coefficient (Wildman–Crippen LogP) is 2.36. The highest BCUT2D eigenvalue weighted by atomic mass is 15.3. The van der Waals surface area contributed by atoms with E-state index in [0.717, 1.165) is 45.1 Å². The highest BCUT2D eigenvalue weighted by molar-refractivity contribution is 5.80. The van der Waals surface area contributed by atoms with Gasteiger partial charge in [-0.2, -0.15) is 5.10 Å². The largest absolute Gasteiger partial charge is 0.364 e. The molecule has 3 heterocycles. The Balaban J connectivity index is 1.31. The lowest BCUT2D eigenvalue weighted by Crippen LogP contribution is -2.39. The SMILES string of the molecule is CN=C(NCc1ccc(N2CC=CC2)cc1)N1CCC(c2cnn(C)c2)C1. The Labute approximate surface area is 161 Å². The number of nitrogens with zero attached hydrogens (tertiary/aromatic N) is 5. The molecule has 2 aliphatic heterocycles. The zero-order valence-corrected chi connectivity index (χ0v) is 16.2. The number of nitrogens with one attached hydrogen (secondary N) is 1. The zero-order valence-electron chi connectivity index (χ0n) is 16.2. The molecule has 1 aromatic carbocycles. The van der Waals surface area contributed by atoms with E-state index in [0.29, 0.717) is 5.92 Å².